The minimum absolute atomic E-state index is 0.0986. The van der Waals surface area contributed by atoms with Crippen molar-refractivity contribution in [3.63, 3.8) is 0 Å². The van der Waals surface area contributed by atoms with Crippen molar-refractivity contribution in [3.05, 3.63) is 0 Å². The zero-order chi connectivity index (χ0) is 10.7. The number of aliphatic carboxylic acids is 1. The van der Waals surface area contributed by atoms with E-state index in [-0.39, 0.29) is 24.5 Å². The molecule has 14 heavy (non-hydrogen) atoms. The first kappa shape index (κ1) is 11.5. The Morgan fingerprint density at radius 1 is 1.64 bits per heavy atom. The molecule has 0 amide bonds. The lowest BCUT2D eigenvalue weighted by molar-refractivity contribution is -0.142. The molecular weight excluding hydrogens is 182 g/mol. The molecule has 0 radical (unpaired) electrons. The molecule has 0 aromatic carbocycles. The molecule has 1 fully saturated rings. The van der Waals surface area contributed by atoms with E-state index in [1.807, 2.05) is 13.8 Å². The maximum atomic E-state index is 10.8. The number of rotatable bonds is 4. The molecule has 0 aliphatic carbocycles. The zero-order valence-electron chi connectivity index (χ0n) is 8.81. The van der Waals surface area contributed by atoms with Crippen molar-refractivity contribution in [2.45, 2.75) is 26.3 Å². The van der Waals surface area contributed by atoms with Crippen LogP contribution >= 0.6 is 0 Å². The van der Waals surface area contributed by atoms with Crippen LogP contribution in [0.3, 0.4) is 0 Å². The molecule has 0 aromatic heterocycles. The summed E-state index contributed by atoms with van der Waals surface area (Å²) in [6.45, 7) is 5.72. The topological polar surface area (TPSA) is 60.8 Å². The molecule has 0 aromatic rings. The van der Waals surface area contributed by atoms with Crippen LogP contribution in [0.5, 0.6) is 0 Å². The normalized spacial score (nSPS) is 30.5. The van der Waals surface area contributed by atoms with Gasteiger partial charge in [-0.2, -0.15) is 0 Å². The van der Waals surface area contributed by atoms with Gasteiger partial charge in [0.25, 0.3) is 0 Å². The third-order valence-corrected chi connectivity index (χ3v) is 3.06. The Morgan fingerprint density at radius 3 is 2.71 bits per heavy atom. The van der Waals surface area contributed by atoms with Gasteiger partial charge in [-0.05, 0) is 25.8 Å². The van der Waals surface area contributed by atoms with Crippen molar-refractivity contribution in [2.75, 3.05) is 19.7 Å². The van der Waals surface area contributed by atoms with E-state index in [1.165, 1.54) is 0 Å². The number of carboxylic acid groups (broad SMARTS) is 1. The summed E-state index contributed by atoms with van der Waals surface area (Å²) in [5.74, 6) is -0.706. The van der Waals surface area contributed by atoms with Crippen LogP contribution < -0.4 is 0 Å². The Labute approximate surface area is 84.5 Å². The van der Waals surface area contributed by atoms with Gasteiger partial charge in [-0.1, -0.05) is 6.92 Å². The molecule has 1 heterocycles. The molecule has 4 heteroatoms. The SMILES string of the molecule is CC(CO)CN1CCC(C(=O)O)C1C. The van der Waals surface area contributed by atoms with E-state index < -0.39 is 5.97 Å². The summed E-state index contributed by atoms with van der Waals surface area (Å²) < 4.78 is 0. The van der Waals surface area contributed by atoms with Crippen molar-refractivity contribution in [2.24, 2.45) is 11.8 Å². The van der Waals surface area contributed by atoms with Gasteiger partial charge in [0.15, 0.2) is 0 Å². The molecule has 1 aliphatic heterocycles. The van der Waals surface area contributed by atoms with Crippen LogP contribution in [-0.2, 0) is 4.79 Å². The molecule has 1 rings (SSSR count). The van der Waals surface area contributed by atoms with E-state index in [9.17, 15) is 4.79 Å². The van der Waals surface area contributed by atoms with E-state index in [0.717, 1.165) is 19.5 Å². The standard InChI is InChI=1S/C10H19NO3/c1-7(6-12)5-11-4-3-9(8(11)2)10(13)14/h7-9,12H,3-6H2,1-2H3,(H,13,14). The van der Waals surface area contributed by atoms with E-state index in [2.05, 4.69) is 4.90 Å². The first-order valence-electron chi connectivity index (χ1n) is 5.14. The molecule has 2 N–H and O–H groups in total. The number of aliphatic hydroxyl groups excluding tert-OH is 1. The highest BCUT2D eigenvalue weighted by Crippen LogP contribution is 2.24. The predicted octanol–water partition coefficient (Wildman–Crippen LogP) is 0.410. The van der Waals surface area contributed by atoms with E-state index >= 15 is 0 Å². The van der Waals surface area contributed by atoms with Gasteiger partial charge in [-0.15, -0.1) is 0 Å². The zero-order valence-corrected chi connectivity index (χ0v) is 8.81. The van der Waals surface area contributed by atoms with E-state index in [0.29, 0.717) is 0 Å². The van der Waals surface area contributed by atoms with E-state index in [1.54, 1.807) is 0 Å². The molecule has 82 valence electrons. The molecule has 0 saturated carbocycles. The molecule has 3 unspecified atom stereocenters. The number of nitrogens with zero attached hydrogens (tertiary/aromatic N) is 1. The number of likely N-dealkylation sites (tertiary alicyclic amines) is 1. The van der Waals surface area contributed by atoms with Crippen LogP contribution in [0.1, 0.15) is 20.3 Å². The van der Waals surface area contributed by atoms with Gasteiger partial charge in [0.1, 0.15) is 0 Å². The lowest BCUT2D eigenvalue weighted by Gasteiger charge is -2.25. The first-order valence-corrected chi connectivity index (χ1v) is 5.14. The Hall–Kier alpha value is -0.610. The fourth-order valence-corrected chi connectivity index (χ4v) is 2.05. The second kappa shape index (κ2) is 4.75. The minimum Gasteiger partial charge on any atom is -0.481 e. The van der Waals surface area contributed by atoms with Crippen LogP contribution in [0.15, 0.2) is 0 Å². The monoisotopic (exact) mass is 201 g/mol. The second-order valence-electron chi connectivity index (χ2n) is 4.26. The summed E-state index contributed by atoms with van der Waals surface area (Å²) in [7, 11) is 0. The van der Waals surface area contributed by atoms with Crippen LogP contribution in [0.4, 0.5) is 0 Å². The molecule has 0 bridgehead atoms. The highest BCUT2D eigenvalue weighted by atomic mass is 16.4. The molecular formula is C10H19NO3. The smallest absolute Gasteiger partial charge is 0.308 e. The molecule has 0 spiro atoms. The lowest BCUT2D eigenvalue weighted by Crippen LogP contribution is -2.36. The van der Waals surface area contributed by atoms with E-state index in [4.69, 9.17) is 10.2 Å². The third kappa shape index (κ3) is 2.45. The number of hydrogen-bond donors (Lipinski definition) is 2. The molecule has 3 atom stereocenters. The first-order chi connectivity index (χ1) is 6.56. The predicted molar refractivity (Wildman–Crippen MR) is 53.0 cm³/mol. The van der Waals surface area contributed by atoms with Gasteiger partial charge in [0.2, 0.25) is 0 Å². The summed E-state index contributed by atoms with van der Waals surface area (Å²) in [5.41, 5.74) is 0. The van der Waals surface area contributed by atoms with Crippen LogP contribution in [0.25, 0.3) is 0 Å². The minimum atomic E-state index is -0.698. The quantitative estimate of drug-likeness (QED) is 0.691. The summed E-state index contributed by atoms with van der Waals surface area (Å²) in [6, 6.07) is 0.0986. The summed E-state index contributed by atoms with van der Waals surface area (Å²) >= 11 is 0. The molecule has 4 nitrogen and oxygen atoms in total. The van der Waals surface area contributed by atoms with Crippen molar-refractivity contribution in [3.8, 4) is 0 Å². The summed E-state index contributed by atoms with van der Waals surface area (Å²) in [5, 5.41) is 17.8. The highest BCUT2D eigenvalue weighted by molar-refractivity contribution is 5.71. The van der Waals surface area contributed by atoms with Gasteiger partial charge in [-0.3, -0.25) is 9.69 Å². The Balaban J connectivity index is 2.47. The maximum Gasteiger partial charge on any atom is 0.308 e. The average molecular weight is 201 g/mol. The summed E-state index contributed by atoms with van der Waals surface area (Å²) in [6.07, 6.45) is 0.731. The van der Waals surface area contributed by atoms with Crippen LogP contribution in [0.2, 0.25) is 0 Å². The van der Waals surface area contributed by atoms with Gasteiger partial charge in [0.05, 0.1) is 5.92 Å². The Bertz CT molecular complexity index is 208. The Kier molecular flexibility index (Phi) is 3.89. The van der Waals surface area contributed by atoms with Crippen molar-refractivity contribution >= 4 is 5.97 Å². The number of carboxylic acids is 1. The summed E-state index contributed by atoms with van der Waals surface area (Å²) in [4.78, 5) is 13.0. The van der Waals surface area contributed by atoms with Crippen molar-refractivity contribution < 1.29 is 15.0 Å². The maximum absolute atomic E-state index is 10.8. The number of hydrogen-bond acceptors (Lipinski definition) is 3. The molecule has 1 aliphatic rings. The van der Waals surface area contributed by atoms with Crippen molar-refractivity contribution in [1.29, 1.82) is 0 Å². The lowest BCUT2D eigenvalue weighted by atomic mass is 10.0. The number of aliphatic hydroxyl groups is 1. The number of carbonyl (C=O) groups is 1. The molecule has 1 saturated heterocycles. The van der Waals surface area contributed by atoms with Crippen LogP contribution in [-0.4, -0.2) is 46.8 Å². The Morgan fingerprint density at radius 2 is 2.29 bits per heavy atom. The van der Waals surface area contributed by atoms with Crippen molar-refractivity contribution in [1.82, 2.24) is 4.90 Å². The fourth-order valence-electron chi connectivity index (χ4n) is 2.05. The van der Waals surface area contributed by atoms with Gasteiger partial charge < -0.3 is 10.2 Å². The van der Waals surface area contributed by atoms with Gasteiger partial charge >= 0.3 is 5.97 Å². The van der Waals surface area contributed by atoms with Gasteiger partial charge in [0, 0.05) is 19.2 Å². The average Bonchev–Trinajstić information content (AvgIpc) is 2.48. The highest BCUT2D eigenvalue weighted by Gasteiger charge is 2.35. The largest absolute Gasteiger partial charge is 0.481 e. The second-order valence-corrected chi connectivity index (χ2v) is 4.26. The van der Waals surface area contributed by atoms with Gasteiger partial charge in [-0.25, -0.2) is 0 Å². The fraction of sp³-hybridized carbons (Fsp3) is 0.900. The van der Waals surface area contributed by atoms with Crippen LogP contribution in [0, 0.1) is 11.8 Å². The third-order valence-electron chi connectivity index (χ3n) is 3.06.